The van der Waals surface area contributed by atoms with Crippen molar-refractivity contribution in [1.82, 2.24) is 19.6 Å². The first-order valence-corrected chi connectivity index (χ1v) is 7.80. The number of fused-ring (bicyclic) bond motifs is 1. The van der Waals surface area contributed by atoms with E-state index in [0.29, 0.717) is 34.0 Å². The molecule has 0 aliphatic rings. The van der Waals surface area contributed by atoms with Crippen molar-refractivity contribution in [2.45, 2.75) is 6.92 Å². The molecule has 7 heteroatoms. The van der Waals surface area contributed by atoms with Gasteiger partial charge in [-0.1, -0.05) is 24.3 Å². The van der Waals surface area contributed by atoms with Crippen LogP contribution < -0.4 is 0 Å². The van der Waals surface area contributed by atoms with Gasteiger partial charge in [-0.05, 0) is 25.1 Å². The molecule has 0 amide bonds. The number of nitrogens with zero attached hydrogens (tertiary/aromatic N) is 4. The van der Waals surface area contributed by atoms with E-state index in [1.165, 1.54) is 4.52 Å². The SMILES string of the molecule is Cc1nc2nc(-c3ccc(C=O)cc3)c(-c3cc(F)ccc3F)cn2n1. The summed E-state index contributed by atoms with van der Waals surface area (Å²) in [5.74, 6) is -0.275. The molecule has 5 nitrogen and oxygen atoms in total. The second kappa shape index (κ2) is 6.11. The summed E-state index contributed by atoms with van der Waals surface area (Å²) in [4.78, 5) is 19.6. The van der Waals surface area contributed by atoms with Gasteiger partial charge in [-0.25, -0.2) is 18.3 Å². The van der Waals surface area contributed by atoms with Crippen LogP contribution in [0.2, 0.25) is 0 Å². The second-order valence-corrected chi connectivity index (χ2v) is 5.77. The fraction of sp³-hybridized carbons (Fsp3) is 0.0526. The molecule has 0 saturated carbocycles. The van der Waals surface area contributed by atoms with Gasteiger partial charge in [0.1, 0.15) is 23.7 Å². The Labute approximate surface area is 147 Å². The molecule has 0 atom stereocenters. The van der Waals surface area contributed by atoms with E-state index in [-0.39, 0.29) is 5.56 Å². The van der Waals surface area contributed by atoms with Gasteiger partial charge in [0.25, 0.3) is 5.78 Å². The number of halogens is 2. The van der Waals surface area contributed by atoms with E-state index in [4.69, 9.17) is 0 Å². The van der Waals surface area contributed by atoms with Crippen LogP contribution in [0.3, 0.4) is 0 Å². The maximum atomic E-state index is 14.4. The van der Waals surface area contributed by atoms with Crippen molar-refractivity contribution >= 4 is 12.1 Å². The van der Waals surface area contributed by atoms with E-state index in [2.05, 4.69) is 15.1 Å². The fourth-order valence-corrected chi connectivity index (χ4v) is 2.77. The Morgan fingerprint density at radius 2 is 1.77 bits per heavy atom. The number of carbonyl (C=O) groups is 1. The third-order valence-electron chi connectivity index (χ3n) is 3.98. The highest BCUT2D eigenvalue weighted by Crippen LogP contribution is 2.33. The molecule has 0 bridgehead atoms. The van der Waals surface area contributed by atoms with Crippen molar-refractivity contribution in [2.24, 2.45) is 0 Å². The van der Waals surface area contributed by atoms with Crippen LogP contribution >= 0.6 is 0 Å². The Bertz CT molecular complexity index is 1140. The second-order valence-electron chi connectivity index (χ2n) is 5.77. The number of rotatable bonds is 3. The molecule has 2 aromatic carbocycles. The third kappa shape index (κ3) is 2.73. The Morgan fingerprint density at radius 3 is 2.50 bits per heavy atom. The lowest BCUT2D eigenvalue weighted by molar-refractivity contribution is 0.112. The van der Waals surface area contributed by atoms with Crippen LogP contribution in [-0.4, -0.2) is 25.9 Å². The normalized spacial score (nSPS) is 11.0. The number of aryl methyl sites for hydroxylation is 1. The highest BCUT2D eigenvalue weighted by atomic mass is 19.1. The predicted octanol–water partition coefficient (Wildman–Crippen LogP) is 3.86. The lowest BCUT2D eigenvalue weighted by atomic mass is 9.99. The number of carbonyl (C=O) groups excluding carboxylic acids is 1. The van der Waals surface area contributed by atoms with E-state index in [1.807, 2.05) is 0 Å². The quantitative estimate of drug-likeness (QED) is 0.527. The highest BCUT2D eigenvalue weighted by Gasteiger charge is 2.17. The molecule has 2 aromatic heterocycles. The molecule has 0 aliphatic carbocycles. The summed E-state index contributed by atoms with van der Waals surface area (Å²) >= 11 is 0. The van der Waals surface area contributed by atoms with Gasteiger partial charge < -0.3 is 0 Å². The Morgan fingerprint density at radius 1 is 1.00 bits per heavy atom. The van der Waals surface area contributed by atoms with Gasteiger partial charge in [-0.3, -0.25) is 4.79 Å². The maximum Gasteiger partial charge on any atom is 0.252 e. The molecule has 0 fully saturated rings. The maximum absolute atomic E-state index is 14.4. The average molecular weight is 350 g/mol. The average Bonchev–Trinajstić information content (AvgIpc) is 3.02. The summed E-state index contributed by atoms with van der Waals surface area (Å²) < 4.78 is 29.5. The molecule has 0 spiro atoms. The lowest BCUT2D eigenvalue weighted by Gasteiger charge is -2.11. The zero-order chi connectivity index (χ0) is 18.3. The molecule has 2 heterocycles. The number of benzene rings is 2. The number of aldehydes is 1. The van der Waals surface area contributed by atoms with Crippen molar-refractivity contribution < 1.29 is 13.6 Å². The first-order valence-electron chi connectivity index (χ1n) is 7.80. The molecule has 128 valence electrons. The van der Waals surface area contributed by atoms with Crippen LogP contribution in [0.15, 0.2) is 48.7 Å². The Balaban J connectivity index is 2.02. The fourth-order valence-electron chi connectivity index (χ4n) is 2.77. The van der Waals surface area contributed by atoms with E-state index >= 15 is 0 Å². The van der Waals surface area contributed by atoms with E-state index in [1.54, 1.807) is 37.4 Å². The standard InChI is InChI=1S/C19H12F2N4O/c1-11-22-19-23-18(13-4-2-12(10-26)3-5-13)16(9-25(19)24-11)15-8-14(20)6-7-17(15)21/h2-10H,1H3. The Hall–Kier alpha value is -3.48. The number of hydrogen-bond donors (Lipinski definition) is 0. The zero-order valence-electron chi connectivity index (χ0n) is 13.6. The van der Waals surface area contributed by atoms with E-state index in [0.717, 1.165) is 24.5 Å². The van der Waals surface area contributed by atoms with Crippen molar-refractivity contribution in [2.75, 3.05) is 0 Å². The molecule has 0 aliphatic heterocycles. The molecule has 0 N–H and O–H groups in total. The molecular formula is C19H12F2N4O. The van der Waals surface area contributed by atoms with Crippen LogP contribution in [0.4, 0.5) is 8.78 Å². The third-order valence-corrected chi connectivity index (χ3v) is 3.98. The summed E-state index contributed by atoms with van der Waals surface area (Å²) in [5, 5.41) is 4.19. The van der Waals surface area contributed by atoms with Gasteiger partial charge in [-0.15, -0.1) is 0 Å². The van der Waals surface area contributed by atoms with Crippen molar-refractivity contribution in [3.63, 3.8) is 0 Å². The minimum atomic E-state index is -0.574. The first-order chi connectivity index (χ1) is 12.5. The summed E-state index contributed by atoms with van der Waals surface area (Å²) in [5.41, 5.74) is 2.02. The largest absolute Gasteiger partial charge is 0.298 e. The summed E-state index contributed by atoms with van der Waals surface area (Å²) in [6.07, 6.45) is 2.30. The van der Waals surface area contributed by atoms with Crippen molar-refractivity contribution in [3.05, 3.63) is 71.7 Å². The van der Waals surface area contributed by atoms with Crippen LogP contribution in [-0.2, 0) is 0 Å². The van der Waals surface area contributed by atoms with Crippen LogP contribution in [0, 0.1) is 18.6 Å². The van der Waals surface area contributed by atoms with Gasteiger partial charge in [0.05, 0.1) is 5.69 Å². The van der Waals surface area contributed by atoms with Gasteiger partial charge >= 0.3 is 0 Å². The lowest BCUT2D eigenvalue weighted by Crippen LogP contribution is -1.99. The van der Waals surface area contributed by atoms with Gasteiger partial charge in [0.15, 0.2) is 0 Å². The molecule has 4 rings (SSSR count). The zero-order valence-corrected chi connectivity index (χ0v) is 13.6. The Kier molecular flexibility index (Phi) is 3.76. The summed E-state index contributed by atoms with van der Waals surface area (Å²) in [7, 11) is 0. The van der Waals surface area contributed by atoms with Crippen LogP contribution in [0.5, 0.6) is 0 Å². The summed E-state index contributed by atoms with van der Waals surface area (Å²) in [6.45, 7) is 1.72. The number of aromatic nitrogens is 4. The topological polar surface area (TPSA) is 60.2 Å². The molecule has 0 radical (unpaired) electrons. The smallest absolute Gasteiger partial charge is 0.252 e. The van der Waals surface area contributed by atoms with Crippen LogP contribution in [0.1, 0.15) is 16.2 Å². The molecule has 0 saturated heterocycles. The minimum absolute atomic E-state index is 0.0713. The monoisotopic (exact) mass is 350 g/mol. The van der Waals surface area contributed by atoms with E-state index < -0.39 is 11.6 Å². The van der Waals surface area contributed by atoms with Gasteiger partial charge in [0.2, 0.25) is 0 Å². The van der Waals surface area contributed by atoms with Gasteiger partial charge in [0, 0.05) is 28.5 Å². The first kappa shape index (κ1) is 16.0. The minimum Gasteiger partial charge on any atom is -0.298 e. The van der Waals surface area contributed by atoms with Crippen molar-refractivity contribution in [3.8, 4) is 22.4 Å². The summed E-state index contributed by atoms with van der Waals surface area (Å²) in [6, 6.07) is 9.91. The highest BCUT2D eigenvalue weighted by molar-refractivity contribution is 5.83. The number of hydrogen-bond acceptors (Lipinski definition) is 4. The molecule has 0 unspecified atom stereocenters. The predicted molar refractivity (Wildman–Crippen MR) is 91.7 cm³/mol. The molecular weight excluding hydrogens is 338 g/mol. The van der Waals surface area contributed by atoms with Crippen molar-refractivity contribution in [1.29, 1.82) is 0 Å². The molecule has 26 heavy (non-hydrogen) atoms. The van der Waals surface area contributed by atoms with E-state index in [9.17, 15) is 13.6 Å². The van der Waals surface area contributed by atoms with Crippen LogP contribution in [0.25, 0.3) is 28.2 Å². The van der Waals surface area contributed by atoms with Gasteiger partial charge in [-0.2, -0.15) is 10.1 Å². The molecule has 4 aromatic rings.